The second kappa shape index (κ2) is 7.16. The molecule has 0 aliphatic carbocycles. The minimum Gasteiger partial charge on any atom is -0.349 e. The number of aryl methyl sites for hydroxylation is 1. The summed E-state index contributed by atoms with van der Waals surface area (Å²) < 4.78 is 39.9. The van der Waals surface area contributed by atoms with Crippen molar-refractivity contribution in [3.63, 3.8) is 0 Å². The number of rotatable bonds is 6. The molecule has 2 aromatic heterocycles. The van der Waals surface area contributed by atoms with E-state index in [0.29, 0.717) is 17.6 Å². The Balaban J connectivity index is 2.20. The SMILES string of the molecule is CCN(CC)CCNC(=O)c1cc2nc(C)cc(C(F)(F)F)n2n1. The predicted octanol–water partition coefficient (Wildman–Crippen LogP) is 2.13. The summed E-state index contributed by atoms with van der Waals surface area (Å²) in [6, 6.07) is 2.16. The minimum atomic E-state index is -4.57. The van der Waals surface area contributed by atoms with Crippen LogP contribution in [0, 0.1) is 6.92 Å². The van der Waals surface area contributed by atoms with Gasteiger partial charge in [0.15, 0.2) is 11.3 Å². The fourth-order valence-electron chi connectivity index (χ4n) is 2.37. The van der Waals surface area contributed by atoms with E-state index in [1.54, 1.807) is 0 Å². The van der Waals surface area contributed by atoms with Gasteiger partial charge < -0.3 is 10.2 Å². The van der Waals surface area contributed by atoms with Gasteiger partial charge in [-0.1, -0.05) is 13.8 Å². The van der Waals surface area contributed by atoms with E-state index < -0.39 is 17.8 Å². The highest BCUT2D eigenvalue weighted by atomic mass is 19.4. The molecule has 9 heteroatoms. The fraction of sp³-hybridized carbons (Fsp3) is 0.533. The number of likely N-dealkylation sites (N-methyl/N-ethyl adjacent to an activating group) is 1. The molecule has 1 N–H and O–H groups in total. The molecule has 0 saturated heterocycles. The van der Waals surface area contributed by atoms with Crippen LogP contribution in [-0.4, -0.2) is 51.6 Å². The molecule has 2 rings (SSSR count). The lowest BCUT2D eigenvalue weighted by atomic mass is 10.3. The summed E-state index contributed by atoms with van der Waals surface area (Å²) in [7, 11) is 0. The van der Waals surface area contributed by atoms with Crippen molar-refractivity contribution >= 4 is 11.6 Å². The third-order valence-electron chi connectivity index (χ3n) is 3.69. The Labute approximate surface area is 137 Å². The summed E-state index contributed by atoms with van der Waals surface area (Å²) in [5.74, 6) is -0.515. The zero-order valence-corrected chi connectivity index (χ0v) is 13.8. The normalized spacial score (nSPS) is 12.1. The Morgan fingerprint density at radius 3 is 2.54 bits per heavy atom. The molecule has 0 aliphatic heterocycles. The van der Waals surface area contributed by atoms with Gasteiger partial charge in [0.1, 0.15) is 5.69 Å². The van der Waals surface area contributed by atoms with E-state index >= 15 is 0 Å². The number of fused-ring (bicyclic) bond motifs is 1. The summed E-state index contributed by atoms with van der Waals surface area (Å²) >= 11 is 0. The van der Waals surface area contributed by atoms with Crippen LogP contribution in [0.1, 0.15) is 35.7 Å². The predicted molar refractivity (Wildman–Crippen MR) is 82.8 cm³/mol. The van der Waals surface area contributed by atoms with E-state index in [1.807, 2.05) is 13.8 Å². The summed E-state index contributed by atoms with van der Waals surface area (Å²) in [4.78, 5) is 18.2. The Hall–Kier alpha value is -2.16. The maximum absolute atomic E-state index is 13.1. The number of nitrogens with one attached hydrogen (secondary N) is 1. The van der Waals surface area contributed by atoms with Crippen molar-refractivity contribution in [3.8, 4) is 0 Å². The Morgan fingerprint density at radius 2 is 1.96 bits per heavy atom. The summed E-state index contributed by atoms with van der Waals surface area (Å²) in [5, 5.41) is 6.43. The van der Waals surface area contributed by atoms with Crippen LogP contribution in [-0.2, 0) is 6.18 Å². The molecule has 0 radical (unpaired) electrons. The first-order valence-electron chi connectivity index (χ1n) is 7.71. The smallest absolute Gasteiger partial charge is 0.349 e. The quantitative estimate of drug-likeness (QED) is 0.873. The zero-order chi connectivity index (χ0) is 17.9. The molecule has 6 nitrogen and oxygen atoms in total. The number of amides is 1. The standard InChI is InChI=1S/C15H20F3N5O/c1-4-22(5-2)7-6-19-14(24)11-9-13-20-10(3)8-12(15(16,17)18)23(13)21-11/h8-9H,4-7H2,1-3H3,(H,19,24). The first-order chi connectivity index (χ1) is 11.3. The molecule has 2 aromatic rings. The van der Waals surface area contributed by atoms with E-state index in [1.165, 1.54) is 13.0 Å². The second-order valence-electron chi connectivity index (χ2n) is 5.36. The van der Waals surface area contributed by atoms with Crippen molar-refractivity contribution < 1.29 is 18.0 Å². The van der Waals surface area contributed by atoms with Gasteiger partial charge in [0.05, 0.1) is 0 Å². The molecule has 0 unspecified atom stereocenters. The van der Waals surface area contributed by atoms with Crippen LogP contribution in [0.25, 0.3) is 5.65 Å². The van der Waals surface area contributed by atoms with Crippen LogP contribution in [0.4, 0.5) is 13.2 Å². The van der Waals surface area contributed by atoms with Gasteiger partial charge in [-0.05, 0) is 26.1 Å². The molecule has 0 saturated carbocycles. The Bertz CT molecular complexity index is 722. The molecule has 0 aliphatic rings. The molecule has 2 heterocycles. The average molecular weight is 343 g/mol. The van der Waals surface area contributed by atoms with Gasteiger partial charge in [-0.15, -0.1) is 0 Å². The number of halogens is 3. The lowest BCUT2D eigenvalue weighted by Gasteiger charge is -2.17. The van der Waals surface area contributed by atoms with Crippen molar-refractivity contribution in [2.75, 3.05) is 26.2 Å². The van der Waals surface area contributed by atoms with Crippen molar-refractivity contribution in [1.29, 1.82) is 0 Å². The fourth-order valence-corrected chi connectivity index (χ4v) is 2.37. The number of alkyl halides is 3. The third-order valence-corrected chi connectivity index (χ3v) is 3.69. The van der Waals surface area contributed by atoms with E-state index in [2.05, 4.69) is 20.3 Å². The molecule has 0 atom stereocenters. The van der Waals surface area contributed by atoms with E-state index in [4.69, 9.17) is 0 Å². The number of nitrogens with zero attached hydrogens (tertiary/aromatic N) is 4. The number of aromatic nitrogens is 3. The second-order valence-corrected chi connectivity index (χ2v) is 5.36. The van der Waals surface area contributed by atoms with Gasteiger partial charge in [0.2, 0.25) is 0 Å². The highest BCUT2D eigenvalue weighted by Crippen LogP contribution is 2.29. The molecular weight excluding hydrogens is 323 g/mol. The summed E-state index contributed by atoms with van der Waals surface area (Å²) in [6.45, 7) is 8.27. The molecule has 24 heavy (non-hydrogen) atoms. The molecule has 0 bridgehead atoms. The largest absolute Gasteiger partial charge is 0.433 e. The highest BCUT2D eigenvalue weighted by molar-refractivity contribution is 5.93. The Morgan fingerprint density at radius 1 is 1.29 bits per heavy atom. The van der Waals surface area contributed by atoms with Crippen LogP contribution >= 0.6 is 0 Å². The lowest BCUT2D eigenvalue weighted by Crippen LogP contribution is -2.35. The first-order valence-corrected chi connectivity index (χ1v) is 7.71. The van der Waals surface area contributed by atoms with Crippen molar-refractivity contribution in [2.45, 2.75) is 26.9 Å². The van der Waals surface area contributed by atoms with Gasteiger partial charge in [-0.3, -0.25) is 4.79 Å². The molecule has 0 spiro atoms. The van der Waals surface area contributed by atoms with Crippen LogP contribution in [0.5, 0.6) is 0 Å². The van der Waals surface area contributed by atoms with E-state index in [0.717, 1.165) is 19.2 Å². The average Bonchev–Trinajstić information content (AvgIpc) is 2.93. The summed E-state index contributed by atoms with van der Waals surface area (Å²) in [6.07, 6.45) is -4.57. The van der Waals surface area contributed by atoms with Crippen LogP contribution in [0.15, 0.2) is 12.1 Å². The van der Waals surface area contributed by atoms with Gasteiger partial charge in [-0.25, -0.2) is 9.50 Å². The van der Waals surface area contributed by atoms with Crippen molar-refractivity contribution in [1.82, 2.24) is 24.8 Å². The van der Waals surface area contributed by atoms with Gasteiger partial charge >= 0.3 is 6.18 Å². The number of carbonyl (C=O) groups excluding carboxylic acids is 1. The number of hydrogen-bond donors (Lipinski definition) is 1. The first kappa shape index (κ1) is 18.2. The van der Waals surface area contributed by atoms with Crippen molar-refractivity contribution in [2.24, 2.45) is 0 Å². The molecular formula is C15H20F3N5O. The highest BCUT2D eigenvalue weighted by Gasteiger charge is 2.35. The van der Waals surface area contributed by atoms with E-state index in [9.17, 15) is 18.0 Å². The third kappa shape index (κ3) is 4.02. The topological polar surface area (TPSA) is 62.5 Å². The van der Waals surface area contributed by atoms with Crippen LogP contribution < -0.4 is 5.32 Å². The lowest BCUT2D eigenvalue weighted by molar-refractivity contribution is -0.142. The maximum atomic E-state index is 13.1. The van der Waals surface area contributed by atoms with Gasteiger partial charge in [0, 0.05) is 24.8 Å². The number of hydrogen-bond acceptors (Lipinski definition) is 4. The maximum Gasteiger partial charge on any atom is 0.433 e. The van der Waals surface area contributed by atoms with Crippen LogP contribution in [0.2, 0.25) is 0 Å². The Kier molecular flexibility index (Phi) is 5.43. The molecule has 0 aromatic carbocycles. The molecule has 0 fully saturated rings. The zero-order valence-electron chi connectivity index (χ0n) is 13.8. The number of carbonyl (C=O) groups is 1. The molecule has 132 valence electrons. The van der Waals surface area contributed by atoms with Crippen LogP contribution in [0.3, 0.4) is 0 Å². The minimum absolute atomic E-state index is 0.00350. The monoisotopic (exact) mass is 343 g/mol. The van der Waals surface area contributed by atoms with Gasteiger partial charge in [0.25, 0.3) is 5.91 Å². The molecule has 1 amide bonds. The van der Waals surface area contributed by atoms with E-state index in [-0.39, 0.29) is 17.0 Å². The van der Waals surface area contributed by atoms with Gasteiger partial charge in [-0.2, -0.15) is 18.3 Å². The van der Waals surface area contributed by atoms with Crippen molar-refractivity contribution in [3.05, 3.63) is 29.2 Å². The summed E-state index contributed by atoms with van der Waals surface area (Å²) in [5.41, 5.74) is -0.829.